The highest BCUT2D eigenvalue weighted by molar-refractivity contribution is 5.71. The molecule has 4 heteroatoms. The van der Waals surface area contributed by atoms with Crippen molar-refractivity contribution in [1.29, 1.82) is 0 Å². The van der Waals surface area contributed by atoms with Gasteiger partial charge in [0.15, 0.2) is 0 Å². The average molecular weight is 310 g/mol. The van der Waals surface area contributed by atoms with E-state index in [0.29, 0.717) is 12.5 Å². The molecule has 4 aliphatic rings. The van der Waals surface area contributed by atoms with Gasteiger partial charge in [0, 0.05) is 18.6 Å². The number of aliphatic hydroxyl groups excluding tert-OH is 2. The fourth-order valence-electron chi connectivity index (χ4n) is 6.11. The molecule has 3 unspecified atom stereocenters. The molecule has 22 heavy (non-hydrogen) atoms. The third kappa shape index (κ3) is 2.58. The summed E-state index contributed by atoms with van der Waals surface area (Å²) < 4.78 is 5.66. The number of rotatable bonds is 6. The molecule has 0 saturated heterocycles. The number of esters is 1. The van der Waals surface area contributed by atoms with Crippen LogP contribution in [-0.4, -0.2) is 36.0 Å². The van der Waals surface area contributed by atoms with Gasteiger partial charge in [-0.15, -0.1) is 0 Å². The lowest BCUT2D eigenvalue weighted by atomic mass is 9.40. The third-order valence-electron chi connectivity index (χ3n) is 6.62. The van der Waals surface area contributed by atoms with Crippen LogP contribution in [0.2, 0.25) is 0 Å². The van der Waals surface area contributed by atoms with E-state index in [0.717, 1.165) is 44.9 Å². The Bertz CT molecular complexity index is 426. The Hall–Kier alpha value is -0.610. The van der Waals surface area contributed by atoms with Crippen molar-refractivity contribution in [2.45, 2.75) is 58.8 Å². The van der Waals surface area contributed by atoms with Crippen molar-refractivity contribution in [3.63, 3.8) is 0 Å². The van der Waals surface area contributed by atoms with Gasteiger partial charge in [0.05, 0.1) is 12.5 Å². The zero-order valence-corrected chi connectivity index (χ0v) is 13.9. The highest BCUT2D eigenvalue weighted by Gasteiger charge is 2.63. The summed E-state index contributed by atoms with van der Waals surface area (Å²) in [5.41, 5.74) is -0.121. The minimum atomic E-state index is -0.102. The molecule has 0 aromatic heterocycles. The highest BCUT2D eigenvalue weighted by atomic mass is 16.5. The molecule has 4 bridgehead atoms. The summed E-state index contributed by atoms with van der Waals surface area (Å²) in [5, 5.41) is 19.9. The van der Waals surface area contributed by atoms with Crippen molar-refractivity contribution in [2.75, 3.05) is 19.8 Å². The van der Waals surface area contributed by atoms with Crippen LogP contribution in [0.15, 0.2) is 0 Å². The minimum absolute atomic E-state index is 0.0198. The van der Waals surface area contributed by atoms with Crippen molar-refractivity contribution in [3.8, 4) is 0 Å². The SMILES string of the molecule is CCC(C)C(=O)OCC12CC3CC(CO)(CC(CO)(C3)C1)C2. The van der Waals surface area contributed by atoms with E-state index in [-0.39, 0.29) is 41.3 Å². The lowest BCUT2D eigenvalue weighted by Crippen LogP contribution is -2.60. The van der Waals surface area contributed by atoms with Crippen LogP contribution in [-0.2, 0) is 9.53 Å². The highest BCUT2D eigenvalue weighted by Crippen LogP contribution is 2.69. The summed E-state index contributed by atoms with van der Waals surface area (Å²) in [4.78, 5) is 12.0. The zero-order chi connectivity index (χ0) is 16.0. The molecule has 4 aliphatic carbocycles. The summed E-state index contributed by atoms with van der Waals surface area (Å²) >= 11 is 0. The smallest absolute Gasteiger partial charge is 0.308 e. The summed E-state index contributed by atoms with van der Waals surface area (Å²) in [5.74, 6) is 0.416. The van der Waals surface area contributed by atoms with Crippen molar-refractivity contribution in [2.24, 2.45) is 28.1 Å². The van der Waals surface area contributed by atoms with Gasteiger partial charge in [-0.05, 0) is 61.7 Å². The Labute approximate surface area is 133 Å². The normalized spacial score (nSPS) is 44.1. The van der Waals surface area contributed by atoms with Gasteiger partial charge in [0.2, 0.25) is 0 Å². The fraction of sp³-hybridized carbons (Fsp3) is 0.944. The Balaban J connectivity index is 1.77. The molecule has 4 fully saturated rings. The van der Waals surface area contributed by atoms with Gasteiger partial charge in [0.1, 0.15) is 0 Å². The number of aliphatic hydroxyl groups is 2. The van der Waals surface area contributed by atoms with Crippen LogP contribution >= 0.6 is 0 Å². The van der Waals surface area contributed by atoms with Gasteiger partial charge >= 0.3 is 5.97 Å². The van der Waals surface area contributed by atoms with Crippen LogP contribution in [0, 0.1) is 28.1 Å². The standard InChI is InChI=1S/C18H30O4/c1-3-13(2)15(21)22-12-18-6-14-4-16(8-18,10-19)7-17(5-14,9-18)11-20/h13-14,19-20H,3-12H2,1-2H3. The largest absolute Gasteiger partial charge is 0.465 e. The van der Waals surface area contributed by atoms with E-state index in [2.05, 4.69) is 0 Å². The zero-order valence-electron chi connectivity index (χ0n) is 13.9. The summed E-state index contributed by atoms with van der Waals surface area (Å²) in [6.45, 7) is 4.78. The molecule has 0 aromatic rings. The molecule has 4 nitrogen and oxygen atoms in total. The van der Waals surface area contributed by atoms with Crippen LogP contribution < -0.4 is 0 Å². The number of ether oxygens (including phenoxy) is 1. The van der Waals surface area contributed by atoms with E-state index in [1.54, 1.807) is 0 Å². The third-order valence-corrected chi connectivity index (χ3v) is 6.62. The predicted octanol–water partition coefficient (Wildman–Crippen LogP) is 2.52. The maximum atomic E-state index is 12.0. The molecular formula is C18H30O4. The topological polar surface area (TPSA) is 66.8 Å². The van der Waals surface area contributed by atoms with E-state index in [9.17, 15) is 15.0 Å². The van der Waals surface area contributed by atoms with Crippen LogP contribution in [0.5, 0.6) is 0 Å². The minimum Gasteiger partial charge on any atom is -0.465 e. The second-order valence-electron chi connectivity index (χ2n) is 8.74. The monoisotopic (exact) mass is 310 g/mol. The van der Waals surface area contributed by atoms with E-state index in [4.69, 9.17) is 4.74 Å². The molecule has 0 aliphatic heterocycles. The quantitative estimate of drug-likeness (QED) is 0.740. The Morgan fingerprint density at radius 2 is 1.59 bits per heavy atom. The molecule has 4 rings (SSSR count). The second kappa shape index (κ2) is 5.48. The first-order chi connectivity index (χ1) is 10.4. The van der Waals surface area contributed by atoms with Gasteiger partial charge in [-0.25, -0.2) is 0 Å². The molecule has 0 aromatic carbocycles. The first-order valence-electron chi connectivity index (χ1n) is 8.78. The molecule has 0 heterocycles. The Morgan fingerprint density at radius 1 is 1.09 bits per heavy atom. The summed E-state index contributed by atoms with van der Waals surface area (Å²) in [6.07, 6.45) is 6.87. The maximum absolute atomic E-state index is 12.0. The van der Waals surface area contributed by atoms with Gasteiger partial charge in [-0.1, -0.05) is 13.8 Å². The molecular weight excluding hydrogens is 280 g/mol. The van der Waals surface area contributed by atoms with Gasteiger partial charge in [-0.2, -0.15) is 0 Å². The number of carbonyl (C=O) groups is 1. The second-order valence-corrected chi connectivity index (χ2v) is 8.74. The van der Waals surface area contributed by atoms with Crippen molar-refractivity contribution >= 4 is 5.97 Å². The molecule has 0 spiro atoms. The van der Waals surface area contributed by atoms with Crippen LogP contribution in [0.1, 0.15) is 58.8 Å². The first kappa shape index (κ1) is 16.3. The summed E-state index contributed by atoms with van der Waals surface area (Å²) in [6, 6.07) is 0. The Kier molecular flexibility index (Phi) is 4.05. The van der Waals surface area contributed by atoms with Crippen molar-refractivity contribution in [1.82, 2.24) is 0 Å². The van der Waals surface area contributed by atoms with Gasteiger partial charge in [0.25, 0.3) is 0 Å². The molecule has 0 amide bonds. The Morgan fingerprint density at radius 3 is 2.09 bits per heavy atom. The predicted molar refractivity (Wildman–Crippen MR) is 83.1 cm³/mol. The van der Waals surface area contributed by atoms with Crippen molar-refractivity contribution in [3.05, 3.63) is 0 Å². The van der Waals surface area contributed by atoms with Gasteiger partial charge in [-0.3, -0.25) is 4.79 Å². The van der Waals surface area contributed by atoms with Gasteiger partial charge < -0.3 is 14.9 Å². The average Bonchev–Trinajstić information content (AvgIpc) is 2.50. The van der Waals surface area contributed by atoms with Crippen molar-refractivity contribution < 1.29 is 19.7 Å². The lowest BCUT2D eigenvalue weighted by Gasteiger charge is -2.65. The maximum Gasteiger partial charge on any atom is 0.308 e. The van der Waals surface area contributed by atoms with Crippen LogP contribution in [0.3, 0.4) is 0 Å². The number of hydrogen-bond acceptors (Lipinski definition) is 4. The van der Waals surface area contributed by atoms with E-state index in [1.807, 2.05) is 13.8 Å². The first-order valence-corrected chi connectivity index (χ1v) is 8.78. The van der Waals surface area contributed by atoms with E-state index >= 15 is 0 Å². The molecule has 0 radical (unpaired) electrons. The summed E-state index contributed by atoms with van der Waals surface area (Å²) in [7, 11) is 0. The molecule has 2 N–H and O–H groups in total. The van der Waals surface area contributed by atoms with Crippen LogP contribution in [0.25, 0.3) is 0 Å². The fourth-order valence-corrected chi connectivity index (χ4v) is 6.11. The van der Waals surface area contributed by atoms with E-state index < -0.39 is 0 Å². The molecule has 126 valence electrons. The lowest BCUT2D eigenvalue weighted by molar-refractivity contribution is -0.204. The van der Waals surface area contributed by atoms with Crippen LogP contribution in [0.4, 0.5) is 0 Å². The number of hydrogen-bond donors (Lipinski definition) is 2. The number of carbonyl (C=O) groups excluding carboxylic acids is 1. The molecule has 3 atom stereocenters. The molecule has 4 saturated carbocycles. The van der Waals surface area contributed by atoms with E-state index in [1.165, 1.54) is 0 Å².